The first kappa shape index (κ1) is 32.9. The number of halogens is 3. The van der Waals surface area contributed by atoms with Crippen LogP contribution >= 0.6 is 31.9 Å². The average molecular weight is 688 g/mol. The zero-order valence-corrected chi connectivity index (χ0v) is 25.4. The number of carbonyl (C=O) groups is 5. The van der Waals surface area contributed by atoms with E-state index in [9.17, 15) is 33.5 Å². The Hall–Kier alpha value is -3.32. The summed E-state index contributed by atoms with van der Waals surface area (Å²) in [6.07, 6.45) is -0.930. The summed E-state index contributed by atoms with van der Waals surface area (Å²) in [5.74, 6) is -4.09. The fourth-order valence-corrected chi connectivity index (χ4v) is 5.02. The predicted octanol–water partition coefficient (Wildman–Crippen LogP) is 3.85. The molecule has 2 aromatic rings. The van der Waals surface area contributed by atoms with Crippen LogP contribution in [0.1, 0.15) is 43.1 Å². The Morgan fingerprint density at radius 2 is 1.65 bits per heavy atom. The minimum Gasteiger partial charge on any atom is -0.496 e. The molecule has 2 amide bonds. The highest BCUT2D eigenvalue weighted by molar-refractivity contribution is 9.11. The highest BCUT2D eigenvalue weighted by Gasteiger charge is 2.30. The molecule has 216 valence electrons. The van der Waals surface area contributed by atoms with Gasteiger partial charge in [-0.15, -0.1) is 0 Å². The highest BCUT2D eigenvalue weighted by Crippen LogP contribution is 2.34. The normalized spacial score (nSPS) is 12.3. The van der Waals surface area contributed by atoms with Gasteiger partial charge in [0.25, 0.3) is 0 Å². The second-order valence-electron chi connectivity index (χ2n) is 9.16. The minimum absolute atomic E-state index is 0.117. The van der Waals surface area contributed by atoms with Gasteiger partial charge >= 0.3 is 5.97 Å². The molecule has 1 unspecified atom stereocenters. The Bertz CT molecular complexity index is 1280. The second-order valence-corrected chi connectivity index (χ2v) is 10.9. The zero-order chi connectivity index (χ0) is 30.1. The molecular weight excluding hydrogens is 659 g/mol. The lowest BCUT2D eigenvalue weighted by Crippen LogP contribution is -2.54. The number of ketones is 2. The number of carboxylic acid groups (broad SMARTS) is 1. The van der Waals surface area contributed by atoms with Crippen LogP contribution in [0.3, 0.4) is 0 Å². The van der Waals surface area contributed by atoms with Crippen molar-refractivity contribution >= 4 is 61.2 Å². The molecule has 0 aliphatic rings. The lowest BCUT2D eigenvalue weighted by Gasteiger charge is -2.25. The number of ether oxygens (including phenoxy) is 2. The van der Waals surface area contributed by atoms with Crippen LogP contribution < -0.4 is 20.1 Å². The third-order valence-electron chi connectivity index (χ3n) is 5.71. The number of carboxylic acids is 1. The molecule has 0 radical (unpaired) electrons. The van der Waals surface area contributed by atoms with E-state index >= 15 is 0 Å². The number of Topliss-reactive ketones (excluding diaryl/α,β-unsaturated/α-hetero) is 2. The maximum absolute atomic E-state index is 13.5. The molecule has 0 aromatic heterocycles. The number of benzene rings is 2. The topological polar surface area (TPSA) is 148 Å². The lowest BCUT2D eigenvalue weighted by molar-refractivity contribution is -0.141. The van der Waals surface area contributed by atoms with Crippen molar-refractivity contribution in [1.29, 1.82) is 0 Å². The van der Waals surface area contributed by atoms with Crippen molar-refractivity contribution in [1.82, 2.24) is 10.6 Å². The first-order chi connectivity index (χ1) is 18.7. The molecule has 0 saturated heterocycles. The zero-order valence-electron chi connectivity index (χ0n) is 22.2. The van der Waals surface area contributed by atoms with Crippen molar-refractivity contribution in [2.24, 2.45) is 5.92 Å². The third-order valence-corrected chi connectivity index (χ3v) is 6.89. The second kappa shape index (κ2) is 14.9. The number of methoxy groups -OCH3 is 1. The molecule has 13 heteroatoms. The van der Waals surface area contributed by atoms with Gasteiger partial charge in [-0.2, -0.15) is 0 Å². The maximum Gasteiger partial charge on any atom is 0.305 e. The van der Waals surface area contributed by atoms with Gasteiger partial charge < -0.3 is 25.2 Å². The third kappa shape index (κ3) is 9.40. The van der Waals surface area contributed by atoms with E-state index in [1.165, 1.54) is 20.1 Å². The fraction of sp³-hybridized carbons (Fsp3) is 0.370. The van der Waals surface area contributed by atoms with E-state index in [4.69, 9.17) is 9.47 Å². The molecule has 2 rings (SSSR count). The van der Waals surface area contributed by atoms with Crippen LogP contribution in [0, 0.1) is 11.7 Å². The monoisotopic (exact) mass is 686 g/mol. The lowest BCUT2D eigenvalue weighted by atomic mass is 10.0. The quantitative estimate of drug-likeness (QED) is 0.254. The maximum atomic E-state index is 13.5. The fourth-order valence-electron chi connectivity index (χ4n) is 3.66. The van der Waals surface area contributed by atoms with E-state index in [2.05, 4.69) is 42.5 Å². The Morgan fingerprint density at radius 1 is 1.02 bits per heavy atom. The van der Waals surface area contributed by atoms with Gasteiger partial charge in [0.15, 0.2) is 11.6 Å². The van der Waals surface area contributed by atoms with Crippen molar-refractivity contribution in [3.05, 3.63) is 56.2 Å². The van der Waals surface area contributed by atoms with E-state index in [0.29, 0.717) is 16.9 Å². The van der Waals surface area contributed by atoms with Crippen molar-refractivity contribution in [3.8, 4) is 11.5 Å². The van der Waals surface area contributed by atoms with E-state index in [1.807, 2.05) is 0 Å². The first-order valence-electron chi connectivity index (χ1n) is 12.0. The average Bonchev–Trinajstić information content (AvgIpc) is 2.85. The Balaban J connectivity index is 2.15. The van der Waals surface area contributed by atoms with Gasteiger partial charge in [0, 0.05) is 11.1 Å². The molecule has 0 fully saturated rings. The highest BCUT2D eigenvalue weighted by atomic mass is 79.9. The number of aliphatic carboxylic acids is 1. The molecule has 0 bridgehead atoms. The summed E-state index contributed by atoms with van der Waals surface area (Å²) in [6, 6.07) is 4.35. The van der Waals surface area contributed by atoms with E-state index in [1.54, 1.807) is 26.0 Å². The number of amides is 2. The molecule has 0 aliphatic carbocycles. The van der Waals surface area contributed by atoms with Crippen LogP contribution in [-0.2, 0) is 25.6 Å². The van der Waals surface area contributed by atoms with E-state index < -0.39 is 60.4 Å². The number of hydrogen-bond donors (Lipinski definition) is 3. The van der Waals surface area contributed by atoms with Gasteiger partial charge in [-0.1, -0.05) is 13.8 Å². The van der Waals surface area contributed by atoms with Crippen LogP contribution in [0.2, 0.25) is 0 Å². The van der Waals surface area contributed by atoms with E-state index in [0.717, 1.165) is 12.1 Å². The summed E-state index contributed by atoms with van der Waals surface area (Å²) < 4.78 is 24.7. The molecule has 40 heavy (non-hydrogen) atoms. The molecule has 2 aromatic carbocycles. The van der Waals surface area contributed by atoms with Crippen molar-refractivity contribution in [3.63, 3.8) is 0 Å². The Kier molecular flexibility index (Phi) is 12.2. The number of rotatable bonds is 14. The SMILES string of the molecule is COc1ccc(C(C)=O)cc1CC(=O)N[C@H](C(=O)NC(CC(=O)O)C(=O)COc1c(Br)cc(F)cc1Br)C(C)C. The molecule has 3 N–H and O–H groups in total. The van der Waals surface area contributed by atoms with Crippen LogP contribution in [-0.4, -0.2) is 60.3 Å². The Labute approximate surface area is 247 Å². The minimum atomic E-state index is -1.46. The van der Waals surface area contributed by atoms with E-state index in [-0.39, 0.29) is 26.9 Å². The van der Waals surface area contributed by atoms with Crippen LogP contribution in [0.15, 0.2) is 39.3 Å². The molecule has 0 spiro atoms. The predicted molar refractivity (Wildman–Crippen MR) is 150 cm³/mol. The molecule has 10 nitrogen and oxygen atoms in total. The van der Waals surface area contributed by atoms with Gasteiger partial charge in [-0.25, -0.2) is 4.39 Å². The standard InChI is InChI=1S/C27H29Br2FN2O8/c1-13(2)25(32-23(35)8-16-7-15(14(3)33)5-6-22(16)39-4)27(38)31-20(11-24(36)37)21(34)12-40-26-18(28)9-17(30)10-19(26)29/h5-7,9-10,13,20,25H,8,11-12H2,1-4H3,(H,31,38)(H,32,35)(H,36,37)/t20?,25-/m0/s1. The summed E-state index contributed by atoms with van der Waals surface area (Å²) in [7, 11) is 1.42. The van der Waals surface area contributed by atoms with Crippen molar-refractivity contribution < 1.29 is 42.9 Å². The summed E-state index contributed by atoms with van der Waals surface area (Å²) in [5, 5.41) is 14.3. The summed E-state index contributed by atoms with van der Waals surface area (Å²) in [6.45, 7) is 4.11. The summed E-state index contributed by atoms with van der Waals surface area (Å²) in [5.41, 5.74) is 0.823. The van der Waals surface area contributed by atoms with Crippen LogP contribution in [0.5, 0.6) is 11.5 Å². The van der Waals surface area contributed by atoms with Gasteiger partial charge in [0.05, 0.1) is 28.9 Å². The molecule has 2 atom stereocenters. The molecular formula is C27H29Br2FN2O8. The number of hydrogen-bond acceptors (Lipinski definition) is 7. The summed E-state index contributed by atoms with van der Waals surface area (Å²) in [4.78, 5) is 62.0. The first-order valence-corrected chi connectivity index (χ1v) is 13.6. The molecule has 0 aliphatic heterocycles. The van der Waals surface area contributed by atoms with Crippen molar-refractivity contribution in [2.75, 3.05) is 13.7 Å². The summed E-state index contributed by atoms with van der Waals surface area (Å²) >= 11 is 6.26. The van der Waals surface area contributed by atoms with Gasteiger partial charge in [0.1, 0.15) is 36.0 Å². The van der Waals surface area contributed by atoms with Gasteiger partial charge in [0.2, 0.25) is 11.8 Å². The van der Waals surface area contributed by atoms with Crippen molar-refractivity contribution in [2.45, 2.75) is 45.7 Å². The van der Waals surface area contributed by atoms with Gasteiger partial charge in [-0.3, -0.25) is 24.0 Å². The number of carbonyl (C=O) groups excluding carboxylic acids is 4. The molecule has 0 heterocycles. The number of nitrogens with one attached hydrogen (secondary N) is 2. The Morgan fingerprint density at radius 3 is 2.17 bits per heavy atom. The molecule has 0 saturated carbocycles. The largest absolute Gasteiger partial charge is 0.496 e. The smallest absolute Gasteiger partial charge is 0.305 e. The van der Waals surface area contributed by atoms with Gasteiger partial charge in [-0.05, 0) is 75.0 Å². The van der Waals surface area contributed by atoms with Crippen LogP contribution in [0.4, 0.5) is 4.39 Å². The van der Waals surface area contributed by atoms with Crippen LogP contribution in [0.25, 0.3) is 0 Å².